The monoisotopic (exact) mass is 423 g/mol. The Labute approximate surface area is 172 Å². The maximum atomic E-state index is 10.0. The van der Waals surface area contributed by atoms with E-state index in [1.54, 1.807) is 54.7 Å². The highest BCUT2D eigenvalue weighted by Gasteiger charge is 2.19. The van der Waals surface area contributed by atoms with E-state index in [1.807, 2.05) is 0 Å². The first-order valence-corrected chi connectivity index (χ1v) is 8.35. The summed E-state index contributed by atoms with van der Waals surface area (Å²) in [5, 5.41) is 46.9. The molecule has 0 saturated carbocycles. The van der Waals surface area contributed by atoms with E-state index < -0.39 is 28.9 Å². The van der Waals surface area contributed by atoms with E-state index in [9.17, 15) is 14.7 Å². The Bertz CT molecular complexity index is 583. The van der Waals surface area contributed by atoms with Crippen molar-refractivity contribution in [2.45, 2.75) is 47.6 Å². The van der Waals surface area contributed by atoms with Crippen molar-refractivity contribution in [2.75, 3.05) is 13.6 Å². The van der Waals surface area contributed by atoms with Crippen molar-refractivity contribution in [3.63, 3.8) is 0 Å². The summed E-state index contributed by atoms with van der Waals surface area (Å²) in [4.78, 5) is 20.0. The van der Waals surface area contributed by atoms with Crippen LogP contribution in [0.4, 0.5) is 0 Å². The number of phenols is 2. The molecule has 9 heteroatoms. The molecule has 1 unspecified atom stereocenters. The number of hydrogen-bond acceptors (Lipinski definition) is 6. The van der Waals surface area contributed by atoms with Gasteiger partial charge in [0.05, 0.1) is 16.9 Å². The molecule has 0 radical (unpaired) electrons. The topological polar surface area (TPSA) is 147 Å². The van der Waals surface area contributed by atoms with Crippen LogP contribution in [-0.4, -0.2) is 51.1 Å². The first-order valence-electron chi connectivity index (χ1n) is 8.35. The molecular formula is C19H34ClNO7. The average Bonchev–Trinajstić information content (AvgIpc) is 2.49. The third-order valence-corrected chi connectivity index (χ3v) is 3.06. The molecule has 0 fully saturated rings. The second-order valence-corrected chi connectivity index (χ2v) is 7.93. The number of carboxylic acid groups (broad SMARTS) is 2. The van der Waals surface area contributed by atoms with Crippen molar-refractivity contribution in [1.82, 2.24) is 5.32 Å². The summed E-state index contributed by atoms with van der Waals surface area (Å²) < 4.78 is 0. The standard InChI is InChI=1S/C9H13NO3.2C5H10O2.ClH/c1-10-5-9(13)6-2-3-7(11)8(12)4-6;2*1-5(2,3)4(6)7;/h2-4,9-13H,5H2,1H3;2*1-3H3,(H,6,7);1H. The lowest BCUT2D eigenvalue weighted by molar-refractivity contribution is -0.146. The molecule has 0 saturated heterocycles. The predicted molar refractivity (Wildman–Crippen MR) is 110 cm³/mol. The Hall–Kier alpha value is -2.03. The van der Waals surface area contributed by atoms with E-state index in [2.05, 4.69) is 5.32 Å². The summed E-state index contributed by atoms with van der Waals surface area (Å²) >= 11 is 0. The lowest BCUT2D eigenvalue weighted by Gasteiger charge is -2.10. The summed E-state index contributed by atoms with van der Waals surface area (Å²) in [5.41, 5.74) is -0.593. The fourth-order valence-corrected chi connectivity index (χ4v) is 1.06. The number of benzene rings is 1. The van der Waals surface area contributed by atoms with Crippen LogP contribution in [-0.2, 0) is 9.59 Å². The molecule has 0 aliphatic heterocycles. The Morgan fingerprint density at radius 2 is 1.29 bits per heavy atom. The van der Waals surface area contributed by atoms with E-state index in [0.717, 1.165) is 0 Å². The van der Waals surface area contributed by atoms with Gasteiger partial charge in [-0.05, 0) is 66.3 Å². The summed E-state index contributed by atoms with van der Waals surface area (Å²) in [5.74, 6) is -1.91. The zero-order valence-corrected chi connectivity index (χ0v) is 18.3. The molecule has 0 spiro atoms. The number of aromatic hydroxyl groups is 2. The van der Waals surface area contributed by atoms with Crippen molar-refractivity contribution in [1.29, 1.82) is 0 Å². The van der Waals surface area contributed by atoms with Gasteiger partial charge in [0.2, 0.25) is 0 Å². The van der Waals surface area contributed by atoms with Crippen molar-refractivity contribution in [3.8, 4) is 11.5 Å². The van der Waals surface area contributed by atoms with Gasteiger partial charge in [-0.25, -0.2) is 0 Å². The van der Waals surface area contributed by atoms with Crippen molar-refractivity contribution >= 4 is 24.3 Å². The van der Waals surface area contributed by atoms with Crippen LogP contribution in [0.5, 0.6) is 11.5 Å². The predicted octanol–water partition coefficient (Wildman–Crippen LogP) is 3.01. The zero-order valence-electron chi connectivity index (χ0n) is 17.5. The number of aliphatic hydroxyl groups is 1. The number of nitrogens with one attached hydrogen (secondary N) is 1. The number of rotatable bonds is 3. The number of carbonyl (C=O) groups is 2. The van der Waals surface area contributed by atoms with Crippen LogP contribution < -0.4 is 5.32 Å². The number of halogens is 1. The molecule has 1 aromatic rings. The lowest BCUT2D eigenvalue weighted by Crippen LogP contribution is -2.18. The summed E-state index contributed by atoms with van der Waals surface area (Å²) in [6.07, 6.45) is -0.670. The maximum absolute atomic E-state index is 10.0. The van der Waals surface area contributed by atoms with Crippen LogP contribution in [0.25, 0.3) is 0 Å². The summed E-state index contributed by atoms with van der Waals surface area (Å²) in [7, 11) is 1.73. The Kier molecular flexibility index (Phi) is 14.5. The fourth-order valence-electron chi connectivity index (χ4n) is 1.06. The van der Waals surface area contributed by atoms with E-state index in [1.165, 1.54) is 12.1 Å². The molecule has 1 aromatic carbocycles. The minimum absolute atomic E-state index is 0. The maximum Gasteiger partial charge on any atom is 0.308 e. The molecule has 1 rings (SSSR count). The first kappa shape index (κ1) is 30.7. The number of aliphatic carboxylic acids is 2. The molecule has 0 bridgehead atoms. The molecule has 8 nitrogen and oxygen atoms in total. The minimum atomic E-state index is -0.757. The van der Waals surface area contributed by atoms with Crippen molar-refractivity contribution < 1.29 is 35.1 Å². The normalized spacial score (nSPS) is 11.6. The van der Waals surface area contributed by atoms with E-state index in [0.29, 0.717) is 12.1 Å². The number of likely N-dealkylation sites (N-methyl/N-ethyl adjacent to an activating group) is 1. The van der Waals surface area contributed by atoms with Gasteiger partial charge in [-0.1, -0.05) is 6.07 Å². The third kappa shape index (κ3) is 14.1. The van der Waals surface area contributed by atoms with Gasteiger partial charge in [0, 0.05) is 6.54 Å². The number of aliphatic hydroxyl groups excluding tert-OH is 1. The van der Waals surface area contributed by atoms with E-state index >= 15 is 0 Å². The van der Waals surface area contributed by atoms with Gasteiger partial charge in [0.25, 0.3) is 0 Å². The smallest absolute Gasteiger partial charge is 0.308 e. The summed E-state index contributed by atoms with van der Waals surface area (Å²) in [6, 6.07) is 4.26. The van der Waals surface area contributed by atoms with E-state index in [4.69, 9.17) is 20.4 Å². The fraction of sp³-hybridized carbons (Fsp3) is 0.579. The largest absolute Gasteiger partial charge is 0.504 e. The molecule has 6 N–H and O–H groups in total. The molecule has 0 heterocycles. The Balaban J connectivity index is -0.000000360. The SMILES string of the molecule is CC(C)(C)C(=O)O.CC(C)(C)C(=O)O.CNCC(O)c1ccc(O)c(O)c1.Cl. The van der Waals surface area contributed by atoms with Crippen molar-refractivity contribution in [3.05, 3.63) is 23.8 Å². The van der Waals surface area contributed by atoms with Crippen molar-refractivity contribution in [2.24, 2.45) is 10.8 Å². The van der Waals surface area contributed by atoms with Gasteiger partial charge in [0.1, 0.15) is 0 Å². The van der Waals surface area contributed by atoms with Gasteiger partial charge >= 0.3 is 11.9 Å². The van der Waals surface area contributed by atoms with Gasteiger partial charge in [-0.2, -0.15) is 0 Å². The molecule has 28 heavy (non-hydrogen) atoms. The van der Waals surface area contributed by atoms with Crippen LogP contribution >= 0.6 is 12.4 Å². The number of hydrogen-bond donors (Lipinski definition) is 6. The second-order valence-electron chi connectivity index (χ2n) is 7.93. The molecular weight excluding hydrogens is 390 g/mol. The second kappa shape index (κ2) is 13.2. The first-order chi connectivity index (χ1) is 12.0. The van der Waals surface area contributed by atoms with Crippen LogP contribution in [0.15, 0.2) is 18.2 Å². The quantitative estimate of drug-likeness (QED) is 0.406. The van der Waals surface area contributed by atoms with Gasteiger partial charge in [0.15, 0.2) is 11.5 Å². The van der Waals surface area contributed by atoms with Crippen LogP contribution in [0.1, 0.15) is 53.2 Å². The highest BCUT2D eigenvalue weighted by Crippen LogP contribution is 2.27. The highest BCUT2D eigenvalue weighted by molar-refractivity contribution is 5.85. The highest BCUT2D eigenvalue weighted by atomic mass is 35.5. The van der Waals surface area contributed by atoms with Crippen LogP contribution in [0, 0.1) is 10.8 Å². The third-order valence-electron chi connectivity index (χ3n) is 3.06. The van der Waals surface area contributed by atoms with Gasteiger partial charge in [-0.3, -0.25) is 9.59 Å². The number of carboxylic acids is 2. The summed E-state index contributed by atoms with van der Waals surface area (Å²) in [6.45, 7) is 10.4. The Morgan fingerprint density at radius 3 is 1.54 bits per heavy atom. The number of phenolic OH excluding ortho intramolecular Hbond substituents is 2. The molecule has 0 aliphatic carbocycles. The molecule has 1 atom stereocenters. The van der Waals surface area contributed by atoms with Gasteiger partial charge in [-0.15, -0.1) is 12.4 Å². The van der Waals surface area contributed by atoms with Crippen LogP contribution in [0.2, 0.25) is 0 Å². The lowest BCUT2D eigenvalue weighted by atomic mass is 9.98. The van der Waals surface area contributed by atoms with Crippen LogP contribution in [0.3, 0.4) is 0 Å². The Morgan fingerprint density at radius 1 is 0.929 bits per heavy atom. The molecule has 164 valence electrons. The van der Waals surface area contributed by atoms with Gasteiger partial charge < -0.3 is 30.8 Å². The molecule has 0 aliphatic rings. The zero-order chi connectivity index (χ0) is 22.0. The molecule has 0 aromatic heterocycles. The van der Waals surface area contributed by atoms with E-state index in [-0.39, 0.29) is 23.9 Å². The molecule has 0 amide bonds. The minimum Gasteiger partial charge on any atom is -0.504 e. The average molecular weight is 424 g/mol.